The number of aryl methyl sites for hydroxylation is 1. The van der Waals surface area contributed by atoms with Crippen molar-refractivity contribution in [3.05, 3.63) is 45.5 Å². The van der Waals surface area contributed by atoms with Crippen LogP contribution in [0, 0.1) is 10.1 Å². The number of non-ortho nitro benzene ring substituents is 1. The first-order valence-electron chi connectivity index (χ1n) is 4.97. The van der Waals surface area contributed by atoms with Gasteiger partial charge >= 0.3 is 0 Å². The molecule has 0 radical (unpaired) electrons. The lowest BCUT2D eigenvalue weighted by molar-refractivity contribution is -0.384. The van der Waals surface area contributed by atoms with Crippen LogP contribution in [-0.2, 0) is 13.7 Å². The fourth-order valence-electron chi connectivity index (χ4n) is 1.30. The maximum absolute atomic E-state index is 10.6. The maximum atomic E-state index is 10.6. The van der Waals surface area contributed by atoms with Crippen LogP contribution in [0.25, 0.3) is 0 Å². The zero-order chi connectivity index (χ0) is 13.1. The Hall–Kier alpha value is -2.15. The first kappa shape index (κ1) is 12.3. The Bertz CT molecular complexity index is 584. The van der Waals surface area contributed by atoms with E-state index in [1.807, 2.05) is 0 Å². The summed E-state index contributed by atoms with van der Waals surface area (Å²) >= 11 is 5.89. The third kappa shape index (κ3) is 2.57. The minimum atomic E-state index is -0.508. The molecule has 0 amide bonds. The summed E-state index contributed by atoms with van der Waals surface area (Å²) in [6, 6.07) is 4.02. The van der Waals surface area contributed by atoms with Crippen molar-refractivity contribution in [3.8, 4) is 5.75 Å². The molecular formula is C10H9ClN4O3. The number of aromatic nitrogens is 3. The zero-order valence-corrected chi connectivity index (χ0v) is 10.2. The highest BCUT2D eigenvalue weighted by Gasteiger charge is 2.11. The molecule has 0 saturated carbocycles. The molecule has 0 spiro atoms. The predicted molar refractivity (Wildman–Crippen MR) is 63.4 cm³/mol. The summed E-state index contributed by atoms with van der Waals surface area (Å²) in [7, 11) is 1.77. The molecule has 0 unspecified atom stereocenters. The Balaban J connectivity index is 2.16. The van der Waals surface area contributed by atoms with Gasteiger partial charge in [-0.15, -0.1) is 10.2 Å². The molecule has 1 aromatic carbocycles. The van der Waals surface area contributed by atoms with Gasteiger partial charge in [-0.2, -0.15) is 0 Å². The van der Waals surface area contributed by atoms with E-state index in [4.69, 9.17) is 16.3 Å². The normalized spacial score (nSPS) is 10.3. The quantitative estimate of drug-likeness (QED) is 0.625. The van der Waals surface area contributed by atoms with E-state index in [2.05, 4.69) is 10.2 Å². The number of nitrogens with zero attached hydrogens (tertiary/aromatic N) is 4. The highest BCUT2D eigenvalue weighted by molar-refractivity contribution is 6.32. The second kappa shape index (κ2) is 5.01. The molecule has 0 aliphatic heterocycles. The van der Waals surface area contributed by atoms with E-state index < -0.39 is 4.92 Å². The molecule has 0 bridgehead atoms. The Morgan fingerprint density at radius 2 is 2.33 bits per heavy atom. The van der Waals surface area contributed by atoms with Crippen LogP contribution in [0.15, 0.2) is 24.5 Å². The molecule has 0 fully saturated rings. The van der Waals surface area contributed by atoms with Crippen LogP contribution in [0.2, 0.25) is 5.02 Å². The number of hydrogen-bond donors (Lipinski definition) is 0. The second-order valence-corrected chi connectivity index (χ2v) is 3.93. The maximum Gasteiger partial charge on any atom is 0.273 e. The second-order valence-electron chi connectivity index (χ2n) is 3.52. The molecule has 94 valence electrons. The Labute approximate surface area is 107 Å². The van der Waals surface area contributed by atoms with Crippen LogP contribution in [-0.4, -0.2) is 19.7 Å². The molecule has 7 nitrogen and oxygen atoms in total. The highest BCUT2D eigenvalue weighted by Crippen LogP contribution is 2.29. The molecule has 0 aliphatic rings. The van der Waals surface area contributed by atoms with E-state index in [0.717, 1.165) is 0 Å². The fraction of sp³-hybridized carbons (Fsp3) is 0.200. The van der Waals surface area contributed by atoms with Gasteiger partial charge in [0.05, 0.1) is 16.0 Å². The molecule has 0 N–H and O–H groups in total. The van der Waals surface area contributed by atoms with E-state index in [1.165, 1.54) is 24.5 Å². The minimum Gasteiger partial charge on any atom is -0.484 e. The van der Waals surface area contributed by atoms with Gasteiger partial charge in [-0.05, 0) is 6.07 Å². The number of nitro groups is 1. The van der Waals surface area contributed by atoms with Crippen molar-refractivity contribution < 1.29 is 9.66 Å². The van der Waals surface area contributed by atoms with E-state index in [0.29, 0.717) is 10.8 Å². The van der Waals surface area contributed by atoms with Crippen LogP contribution in [0.1, 0.15) is 5.82 Å². The molecule has 8 heteroatoms. The molecule has 0 aliphatic carbocycles. The predicted octanol–water partition coefficient (Wildman–Crippen LogP) is 1.96. The average molecular weight is 269 g/mol. The largest absolute Gasteiger partial charge is 0.484 e. The standard InChI is InChI=1S/C10H9ClN4O3/c1-14-6-12-13-10(14)5-18-9-4-7(15(16)17)2-3-8(9)11/h2-4,6H,5H2,1H3. The molecule has 2 rings (SSSR count). The van der Waals surface area contributed by atoms with E-state index >= 15 is 0 Å². The monoisotopic (exact) mass is 268 g/mol. The summed E-state index contributed by atoms with van der Waals surface area (Å²) in [6.07, 6.45) is 1.54. The lowest BCUT2D eigenvalue weighted by Crippen LogP contribution is -2.03. The van der Waals surface area contributed by atoms with Gasteiger partial charge in [-0.3, -0.25) is 10.1 Å². The van der Waals surface area contributed by atoms with Crippen molar-refractivity contribution in [2.75, 3.05) is 0 Å². The van der Waals surface area contributed by atoms with E-state index in [-0.39, 0.29) is 18.0 Å². The van der Waals surface area contributed by atoms with Crippen LogP contribution in [0.5, 0.6) is 5.75 Å². The lowest BCUT2D eigenvalue weighted by Gasteiger charge is -2.07. The number of ether oxygens (including phenoxy) is 1. The van der Waals surface area contributed by atoms with Crippen molar-refractivity contribution >= 4 is 17.3 Å². The summed E-state index contributed by atoms with van der Waals surface area (Å²) in [6.45, 7) is 0.136. The number of nitro benzene ring substituents is 1. The van der Waals surface area contributed by atoms with Crippen LogP contribution in [0.4, 0.5) is 5.69 Å². The van der Waals surface area contributed by atoms with Crippen molar-refractivity contribution in [1.29, 1.82) is 0 Å². The topological polar surface area (TPSA) is 83.1 Å². The van der Waals surface area contributed by atoms with Crippen molar-refractivity contribution in [3.63, 3.8) is 0 Å². The third-order valence-electron chi connectivity index (χ3n) is 2.29. The first-order chi connectivity index (χ1) is 8.58. The smallest absolute Gasteiger partial charge is 0.273 e. The third-order valence-corrected chi connectivity index (χ3v) is 2.60. The first-order valence-corrected chi connectivity index (χ1v) is 5.35. The van der Waals surface area contributed by atoms with Crippen LogP contribution in [0.3, 0.4) is 0 Å². The number of benzene rings is 1. The van der Waals surface area contributed by atoms with Crippen molar-refractivity contribution in [1.82, 2.24) is 14.8 Å². The Kier molecular flexibility index (Phi) is 3.42. The Morgan fingerprint density at radius 3 is 2.94 bits per heavy atom. The van der Waals surface area contributed by atoms with Gasteiger partial charge < -0.3 is 9.30 Å². The van der Waals surface area contributed by atoms with Crippen molar-refractivity contribution in [2.45, 2.75) is 6.61 Å². The van der Waals surface area contributed by atoms with Gasteiger partial charge in [0, 0.05) is 13.1 Å². The van der Waals surface area contributed by atoms with Crippen LogP contribution >= 0.6 is 11.6 Å². The van der Waals surface area contributed by atoms with Crippen molar-refractivity contribution in [2.24, 2.45) is 7.05 Å². The Morgan fingerprint density at radius 1 is 1.56 bits per heavy atom. The van der Waals surface area contributed by atoms with Gasteiger partial charge in [0.2, 0.25) is 0 Å². The van der Waals surface area contributed by atoms with Gasteiger partial charge in [0.25, 0.3) is 5.69 Å². The SMILES string of the molecule is Cn1cnnc1COc1cc([N+](=O)[O-])ccc1Cl. The molecule has 2 aromatic rings. The summed E-state index contributed by atoms with van der Waals surface area (Å²) < 4.78 is 7.08. The highest BCUT2D eigenvalue weighted by atomic mass is 35.5. The number of hydrogen-bond acceptors (Lipinski definition) is 5. The molecular weight excluding hydrogens is 260 g/mol. The summed E-state index contributed by atoms with van der Waals surface area (Å²) in [5, 5.41) is 18.5. The van der Waals surface area contributed by atoms with Gasteiger partial charge in [-0.25, -0.2) is 0 Å². The fourth-order valence-corrected chi connectivity index (χ4v) is 1.47. The lowest BCUT2D eigenvalue weighted by atomic mass is 10.3. The molecule has 1 heterocycles. The molecule has 18 heavy (non-hydrogen) atoms. The zero-order valence-electron chi connectivity index (χ0n) is 9.41. The van der Waals surface area contributed by atoms with E-state index in [1.54, 1.807) is 11.6 Å². The summed E-state index contributed by atoms with van der Waals surface area (Å²) in [4.78, 5) is 10.1. The number of rotatable bonds is 4. The van der Waals surface area contributed by atoms with Gasteiger partial charge in [0.1, 0.15) is 18.7 Å². The van der Waals surface area contributed by atoms with Gasteiger partial charge in [0.15, 0.2) is 5.82 Å². The summed E-state index contributed by atoms with van der Waals surface area (Å²) in [5.74, 6) is 0.839. The van der Waals surface area contributed by atoms with E-state index in [9.17, 15) is 10.1 Å². The summed E-state index contributed by atoms with van der Waals surface area (Å²) in [5.41, 5.74) is -0.0765. The minimum absolute atomic E-state index is 0.0765. The van der Waals surface area contributed by atoms with Crippen LogP contribution < -0.4 is 4.74 Å². The molecule has 0 atom stereocenters. The molecule has 1 aromatic heterocycles. The average Bonchev–Trinajstić information content (AvgIpc) is 2.73. The van der Waals surface area contributed by atoms with Gasteiger partial charge in [-0.1, -0.05) is 11.6 Å². The number of halogens is 1. The molecule has 0 saturated heterocycles.